The number of para-hydroxylation sites is 1. The molecule has 0 atom stereocenters. The summed E-state index contributed by atoms with van der Waals surface area (Å²) in [5.41, 5.74) is 1.16. The topological polar surface area (TPSA) is 15.7 Å². The second kappa shape index (κ2) is 6.98. The van der Waals surface area contributed by atoms with Crippen molar-refractivity contribution in [3.8, 4) is 0 Å². The number of rotatable bonds is 5. The first-order valence-corrected chi connectivity index (χ1v) is 6.98. The molecule has 0 aromatic heterocycles. The van der Waals surface area contributed by atoms with E-state index in [0.717, 1.165) is 56.6 Å². The SMILES string of the molecule is CCOCCN1CCN(c2ccccc2Cl)CC1. The Hall–Kier alpha value is -0.770. The molecule has 0 bridgehead atoms. The van der Waals surface area contributed by atoms with Crippen molar-refractivity contribution in [3.63, 3.8) is 0 Å². The summed E-state index contributed by atoms with van der Waals surface area (Å²) in [6.45, 7) is 8.95. The van der Waals surface area contributed by atoms with Crippen LogP contribution in [-0.2, 0) is 4.74 Å². The van der Waals surface area contributed by atoms with E-state index in [1.54, 1.807) is 0 Å². The summed E-state index contributed by atoms with van der Waals surface area (Å²) in [6.07, 6.45) is 0. The summed E-state index contributed by atoms with van der Waals surface area (Å²) in [5, 5.41) is 0.847. The first-order valence-electron chi connectivity index (χ1n) is 6.61. The van der Waals surface area contributed by atoms with Gasteiger partial charge in [-0.3, -0.25) is 4.90 Å². The Morgan fingerprint density at radius 3 is 2.56 bits per heavy atom. The molecule has 18 heavy (non-hydrogen) atoms. The lowest BCUT2D eigenvalue weighted by Crippen LogP contribution is -2.47. The first-order chi connectivity index (χ1) is 8.81. The van der Waals surface area contributed by atoms with Gasteiger partial charge >= 0.3 is 0 Å². The molecule has 0 amide bonds. The van der Waals surface area contributed by atoms with Crippen molar-refractivity contribution in [2.75, 3.05) is 50.8 Å². The highest BCUT2D eigenvalue weighted by atomic mass is 35.5. The maximum Gasteiger partial charge on any atom is 0.0639 e. The van der Waals surface area contributed by atoms with E-state index in [0.29, 0.717) is 0 Å². The predicted molar refractivity (Wildman–Crippen MR) is 76.6 cm³/mol. The standard InChI is InChI=1S/C14H21ClN2O/c1-2-18-12-11-16-7-9-17(10-8-16)14-6-4-3-5-13(14)15/h3-6H,2,7-12H2,1H3. The minimum atomic E-state index is 0.805. The van der Waals surface area contributed by atoms with Gasteiger partial charge < -0.3 is 9.64 Å². The molecule has 3 nitrogen and oxygen atoms in total. The summed E-state index contributed by atoms with van der Waals surface area (Å²) >= 11 is 6.22. The van der Waals surface area contributed by atoms with Crippen LogP contribution in [0, 0.1) is 0 Å². The van der Waals surface area contributed by atoms with Crippen LogP contribution in [0.3, 0.4) is 0 Å². The summed E-state index contributed by atoms with van der Waals surface area (Å²) in [4.78, 5) is 4.81. The van der Waals surface area contributed by atoms with Gasteiger partial charge in [-0.2, -0.15) is 0 Å². The number of hydrogen-bond donors (Lipinski definition) is 0. The fraction of sp³-hybridized carbons (Fsp3) is 0.571. The average molecular weight is 269 g/mol. The van der Waals surface area contributed by atoms with Crippen molar-refractivity contribution in [2.24, 2.45) is 0 Å². The molecule has 2 rings (SSSR count). The minimum absolute atomic E-state index is 0.805. The lowest BCUT2D eigenvalue weighted by atomic mass is 10.2. The van der Waals surface area contributed by atoms with E-state index in [4.69, 9.17) is 16.3 Å². The van der Waals surface area contributed by atoms with E-state index < -0.39 is 0 Å². The van der Waals surface area contributed by atoms with Gasteiger partial charge in [0.2, 0.25) is 0 Å². The fourth-order valence-electron chi connectivity index (χ4n) is 2.26. The van der Waals surface area contributed by atoms with Gasteiger partial charge in [-0.05, 0) is 19.1 Å². The summed E-state index contributed by atoms with van der Waals surface area (Å²) in [5.74, 6) is 0. The van der Waals surface area contributed by atoms with Crippen molar-refractivity contribution in [2.45, 2.75) is 6.92 Å². The molecule has 0 spiro atoms. The zero-order chi connectivity index (χ0) is 12.8. The second-order valence-electron chi connectivity index (χ2n) is 4.48. The number of ether oxygens (including phenoxy) is 1. The molecule has 4 heteroatoms. The maximum absolute atomic E-state index is 6.22. The van der Waals surface area contributed by atoms with Crippen LogP contribution in [0.2, 0.25) is 5.02 Å². The molecule has 1 fully saturated rings. The Bertz CT molecular complexity index is 365. The van der Waals surface area contributed by atoms with E-state index in [1.807, 2.05) is 25.1 Å². The summed E-state index contributed by atoms with van der Waals surface area (Å²) in [7, 11) is 0. The second-order valence-corrected chi connectivity index (χ2v) is 4.88. The van der Waals surface area contributed by atoms with Crippen molar-refractivity contribution < 1.29 is 4.74 Å². The quantitative estimate of drug-likeness (QED) is 0.763. The van der Waals surface area contributed by atoms with Crippen LogP contribution in [0.25, 0.3) is 0 Å². The Morgan fingerprint density at radius 1 is 1.17 bits per heavy atom. The van der Waals surface area contributed by atoms with Crippen LogP contribution in [-0.4, -0.2) is 50.8 Å². The van der Waals surface area contributed by atoms with Crippen LogP contribution < -0.4 is 4.90 Å². The van der Waals surface area contributed by atoms with Gasteiger partial charge in [0.05, 0.1) is 17.3 Å². The molecule has 0 N–H and O–H groups in total. The lowest BCUT2D eigenvalue weighted by molar-refractivity contribution is 0.111. The molecule has 100 valence electrons. The monoisotopic (exact) mass is 268 g/mol. The van der Waals surface area contributed by atoms with Crippen LogP contribution in [0.15, 0.2) is 24.3 Å². The minimum Gasteiger partial charge on any atom is -0.380 e. The third-order valence-corrected chi connectivity index (χ3v) is 3.64. The van der Waals surface area contributed by atoms with E-state index in [-0.39, 0.29) is 0 Å². The summed E-state index contributed by atoms with van der Waals surface area (Å²) in [6, 6.07) is 8.07. The van der Waals surface area contributed by atoms with E-state index >= 15 is 0 Å². The summed E-state index contributed by atoms with van der Waals surface area (Å²) < 4.78 is 5.39. The molecule has 1 heterocycles. The van der Waals surface area contributed by atoms with Crippen molar-refractivity contribution in [1.29, 1.82) is 0 Å². The highest BCUT2D eigenvalue weighted by Gasteiger charge is 2.18. The molecule has 0 radical (unpaired) electrons. The number of hydrogen-bond acceptors (Lipinski definition) is 3. The molecule has 0 unspecified atom stereocenters. The van der Waals surface area contributed by atoms with Crippen molar-refractivity contribution in [3.05, 3.63) is 29.3 Å². The van der Waals surface area contributed by atoms with Crippen LogP contribution >= 0.6 is 11.6 Å². The molecular weight excluding hydrogens is 248 g/mol. The Kier molecular flexibility index (Phi) is 5.29. The number of nitrogens with zero attached hydrogens (tertiary/aromatic N) is 2. The normalized spacial score (nSPS) is 17.1. The maximum atomic E-state index is 6.22. The smallest absolute Gasteiger partial charge is 0.0639 e. The molecule has 0 aliphatic carbocycles. The van der Waals surface area contributed by atoms with Gasteiger partial charge in [-0.1, -0.05) is 23.7 Å². The molecule has 1 saturated heterocycles. The van der Waals surface area contributed by atoms with Gasteiger partial charge in [-0.15, -0.1) is 0 Å². The molecule has 1 aliphatic heterocycles. The third-order valence-electron chi connectivity index (χ3n) is 3.32. The highest BCUT2D eigenvalue weighted by Crippen LogP contribution is 2.25. The lowest BCUT2D eigenvalue weighted by Gasteiger charge is -2.36. The first kappa shape index (κ1) is 13.7. The Balaban J connectivity index is 1.81. The van der Waals surface area contributed by atoms with Gasteiger partial charge in [0.25, 0.3) is 0 Å². The van der Waals surface area contributed by atoms with Crippen LogP contribution in [0.1, 0.15) is 6.92 Å². The average Bonchev–Trinajstić information content (AvgIpc) is 2.41. The van der Waals surface area contributed by atoms with Gasteiger partial charge in [0, 0.05) is 39.3 Å². The zero-order valence-corrected chi connectivity index (χ0v) is 11.7. The molecule has 1 aromatic rings. The third kappa shape index (κ3) is 3.61. The number of piperazine rings is 1. The van der Waals surface area contributed by atoms with Crippen molar-refractivity contribution in [1.82, 2.24) is 4.90 Å². The molecule has 0 saturated carbocycles. The fourth-order valence-corrected chi connectivity index (χ4v) is 2.51. The number of benzene rings is 1. The van der Waals surface area contributed by atoms with Crippen LogP contribution in [0.5, 0.6) is 0 Å². The van der Waals surface area contributed by atoms with E-state index in [9.17, 15) is 0 Å². The van der Waals surface area contributed by atoms with Crippen molar-refractivity contribution >= 4 is 17.3 Å². The van der Waals surface area contributed by atoms with Gasteiger partial charge in [0.1, 0.15) is 0 Å². The highest BCUT2D eigenvalue weighted by molar-refractivity contribution is 6.33. The predicted octanol–water partition coefficient (Wildman–Crippen LogP) is 2.50. The van der Waals surface area contributed by atoms with Gasteiger partial charge in [-0.25, -0.2) is 0 Å². The zero-order valence-electron chi connectivity index (χ0n) is 10.9. The molecular formula is C14H21ClN2O. The van der Waals surface area contributed by atoms with Gasteiger partial charge in [0.15, 0.2) is 0 Å². The Labute approximate surface area is 114 Å². The largest absolute Gasteiger partial charge is 0.380 e. The number of anilines is 1. The number of halogens is 1. The van der Waals surface area contributed by atoms with Crippen LogP contribution in [0.4, 0.5) is 5.69 Å². The Morgan fingerprint density at radius 2 is 1.89 bits per heavy atom. The van der Waals surface area contributed by atoms with E-state index in [2.05, 4.69) is 15.9 Å². The van der Waals surface area contributed by atoms with E-state index in [1.165, 1.54) is 0 Å². The molecule has 1 aliphatic rings. The molecule has 1 aromatic carbocycles.